The van der Waals surface area contributed by atoms with E-state index < -0.39 is 0 Å². The van der Waals surface area contributed by atoms with Gasteiger partial charge in [0.1, 0.15) is 5.60 Å². The number of H-pyrrole nitrogens is 1. The van der Waals surface area contributed by atoms with E-state index in [0.717, 1.165) is 17.6 Å². The van der Waals surface area contributed by atoms with Crippen LogP contribution in [0.2, 0.25) is 0 Å². The predicted molar refractivity (Wildman–Crippen MR) is 49.4 cm³/mol. The molecule has 3 rings (SSSR count). The van der Waals surface area contributed by atoms with E-state index in [-0.39, 0.29) is 5.60 Å². The van der Waals surface area contributed by atoms with Crippen LogP contribution in [0, 0.1) is 0 Å². The zero-order chi connectivity index (χ0) is 8.89. The van der Waals surface area contributed by atoms with Crippen LogP contribution in [0.15, 0.2) is 24.5 Å². The number of nitrogens with one attached hydrogen (secondary N) is 1. The van der Waals surface area contributed by atoms with Gasteiger partial charge in [0.15, 0.2) is 0 Å². The largest absolute Gasteiger partial charge is 0.365 e. The monoisotopic (exact) mass is 174 g/mol. The second-order valence-corrected chi connectivity index (χ2v) is 3.65. The third-order valence-corrected chi connectivity index (χ3v) is 2.61. The van der Waals surface area contributed by atoms with Crippen molar-refractivity contribution in [1.82, 2.24) is 9.97 Å². The predicted octanol–water partition coefficient (Wildman–Crippen LogP) is 1.81. The molecule has 1 N–H and O–H groups in total. The molecule has 1 atom stereocenters. The second-order valence-electron chi connectivity index (χ2n) is 3.65. The molecule has 0 radical (unpaired) electrons. The van der Waals surface area contributed by atoms with Crippen molar-refractivity contribution in [3.8, 4) is 0 Å². The first-order valence-corrected chi connectivity index (χ1v) is 4.35. The summed E-state index contributed by atoms with van der Waals surface area (Å²) in [5.41, 5.74) is 3.27. The average molecular weight is 174 g/mol. The maximum atomic E-state index is 5.37. The third-order valence-electron chi connectivity index (χ3n) is 2.61. The molecule has 0 saturated carbocycles. The van der Waals surface area contributed by atoms with Gasteiger partial charge in [-0.2, -0.15) is 0 Å². The van der Waals surface area contributed by atoms with Gasteiger partial charge >= 0.3 is 0 Å². The lowest BCUT2D eigenvalue weighted by molar-refractivity contribution is 0.329. The number of fused-ring (bicyclic) bond motifs is 1. The molecule has 1 fully saturated rings. The molecule has 0 bridgehead atoms. The van der Waals surface area contributed by atoms with E-state index in [4.69, 9.17) is 4.74 Å². The minimum absolute atomic E-state index is 0.0424. The van der Waals surface area contributed by atoms with Crippen LogP contribution in [-0.4, -0.2) is 16.6 Å². The van der Waals surface area contributed by atoms with E-state index in [1.165, 1.54) is 5.56 Å². The number of benzene rings is 1. The number of hydrogen-bond donors (Lipinski definition) is 1. The van der Waals surface area contributed by atoms with Crippen molar-refractivity contribution in [2.24, 2.45) is 0 Å². The molecule has 1 unspecified atom stereocenters. The summed E-state index contributed by atoms with van der Waals surface area (Å²) < 4.78 is 5.37. The van der Waals surface area contributed by atoms with Crippen LogP contribution in [-0.2, 0) is 10.3 Å². The molecule has 1 aromatic carbocycles. The summed E-state index contributed by atoms with van der Waals surface area (Å²) in [5, 5.41) is 0. The zero-order valence-electron chi connectivity index (χ0n) is 7.37. The van der Waals surface area contributed by atoms with Crippen molar-refractivity contribution in [2.45, 2.75) is 12.5 Å². The van der Waals surface area contributed by atoms with E-state index >= 15 is 0 Å². The summed E-state index contributed by atoms with van der Waals surface area (Å²) in [6.07, 6.45) is 1.71. The Kier molecular flexibility index (Phi) is 1.15. The summed E-state index contributed by atoms with van der Waals surface area (Å²) >= 11 is 0. The molecular formula is C10H10N2O. The van der Waals surface area contributed by atoms with Crippen molar-refractivity contribution in [2.75, 3.05) is 6.61 Å². The molecule has 1 saturated heterocycles. The lowest BCUT2D eigenvalue weighted by atomic mass is 10.0. The third kappa shape index (κ3) is 0.971. The molecule has 1 aliphatic heterocycles. The van der Waals surface area contributed by atoms with E-state index in [0.29, 0.717) is 0 Å². The van der Waals surface area contributed by atoms with Crippen molar-refractivity contribution in [3.63, 3.8) is 0 Å². The van der Waals surface area contributed by atoms with Crippen LogP contribution in [0.5, 0.6) is 0 Å². The van der Waals surface area contributed by atoms with Crippen LogP contribution >= 0.6 is 0 Å². The smallest absolute Gasteiger partial charge is 0.114 e. The van der Waals surface area contributed by atoms with Crippen molar-refractivity contribution < 1.29 is 4.74 Å². The fourth-order valence-corrected chi connectivity index (χ4v) is 1.54. The normalized spacial score (nSPS) is 26.5. The summed E-state index contributed by atoms with van der Waals surface area (Å²) in [4.78, 5) is 7.26. The fraction of sp³-hybridized carbons (Fsp3) is 0.300. The van der Waals surface area contributed by atoms with E-state index in [2.05, 4.69) is 29.0 Å². The van der Waals surface area contributed by atoms with Crippen molar-refractivity contribution in [3.05, 3.63) is 30.1 Å². The number of nitrogens with zero attached hydrogens (tertiary/aromatic N) is 1. The highest BCUT2D eigenvalue weighted by Gasteiger charge is 2.41. The van der Waals surface area contributed by atoms with Gasteiger partial charge < -0.3 is 9.72 Å². The molecular weight excluding hydrogens is 164 g/mol. The SMILES string of the molecule is CC1(c2ccc3nc[nH]c3c2)CO1. The molecule has 1 aliphatic rings. The highest BCUT2D eigenvalue weighted by Crippen LogP contribution is 2.38. The molecule has 2 heterocycles. The lowest BCUT2D eigenvalue weighted by Gasteiger charge is -2.04. The quantitative estimate of drug-likeness (QED) is 0.670. The van der Waals surface area contributed by atoms with E-state index in [1.54, 1.807) is 6.33 Å². The number of hydrogen-bond acceptors (Lipinski definition) is 2. The van der Waals surface area contributed by atoms with Crippen molar-refractivity contribution in [1.29, 1.82) is 0 Å². The van der Waals surface area contributed by atoms with E-state index in [1.807, 2.05) is 6.07 Å². The minimum Gasteiger partial charge on any atom is -0.365 e. The van der Waals surface area contributed by atoms with Crippen LogP contribution in [0.4, 0.5) is 0 Å². The van der Waals surface area contributed by atoms with Gasteiger partial charge in [-0.15, -0.1) is 0 Å². The van der Waals surface area contributed by atoms with Gasteiger partial charge in [0.2, 0.25) is 0 Å². The number of rotatable bonds is 1. The summed E-state index contributed by atoms with van der Waals surface area (Å²) in [6, 6.07) is 6.21. The Labute approximate surface area is 75.7 Å². The number of ether oxygens (including phenoxy) is 1. The van der Waals surface area contributed by atoms with Gasteiger partial charge in [0, 0.05) is 0 Å². The molecule has 2 aromatic rings. The average Bonchev–Trinajstić information content (AvgIpc) is 2.74. The Morgan fingerprint density at radius 3 is 3.15 bits per heavy atom. The van der Waals surface area contributed by atoms with Crippen LogP contribution < -0.4 is 0 Å². The maximum Gasteiger partial charge on any atom is 0.114 e. The lowest BCUT2D eigenvalue weighted by Crippen LogP contribution is -2.01. The molecule has 13 heavy (non-hydrogen) atoms. The number of aromatic amines is 1. The van der Waals surface area contributed by atoms with Gasteiger partial charge in [-0.25, -0.2) is 4.98 Å². The molecule has 0 spiro atoms. The zero-order valence-corrected chi connectivity index (χ0v) is 7.37. The maximum absolute atomic E-state index is 5.37. The summed E-state index contributed by atoms with van der Waals surface area (Å²) in [5.74, 6) is 0. The topological polar surface area (TPSA) is 41.2 Å². The standard InChI is InChI=1S/C10H10N2O/c1-10(5-13-10)7-2-3-8-9(4-7)12-6-11-8/h2-4,6H,5H2,1H3,(H,11,12). The molecule has 66 valence electrons. The highest BCUT2D eigenvalue weighted by molar-refractivity contribution is 5.75. The Bertz CT molecular complexity index is 457. The van der Waals surface area contributed by atoms with Gasteiger partial charge in [0.05, 0.1) is 24.0 Å². The van der Waals surface area contributed by atoms with Crippen LogP contribution in [0.1, 0.15) is 12.5 Å². The first kappa shape index (κ1) is 7.09. The first-order chi connectivity index (χ1) is 6.28. The molecule has 0 aliphatic carbocycles. The highest BCUT2D eigenvalue weighted by atomic mass is 16.6. The minimum atomic E-state index is -0.0424. The molecule has 3 heteroatoms. The molecule has 0 amide bonds. The fourth-order valence-electron chi connectivity index (χ4n) is 1.54. The Morgan fingerprint density at radius 2 is 2.38 bits per heavy atom. The van der Waals surface area contributed by atoms with Gasteiger partial charge in [-0.05, 0) is 24.6 Å². The summed E-state index contributed by atoms with van der Waals surface area (Å²) in [7, 11) is 0. The summed E-state index contributed by atoms with van der Waals surface area (Å²) in [6.45, 7) is 2.93. The van der Waals surface area contributed by atoms with Gasteiger partial charge in [-0.1, -0.05) is 6.07 Å². The number of imidazole rings is 1. The second kappa shape index (κ2) is 2.12. The van der Waals surface area contributed by atoms with Gasteiger partial charge in [-0.3, -0.25) is 0 Å². The van der Waals surface area contributed by atoms with Gasteiger partial charge in [0.25, 0.3) is 0 Å². The Balaban J connectivity index is 2.20. The first-order valence-electron chi connectivity index (χ1n) is 4.35. The Morgan fingerprint density at radius 1 is 1.54 bits per heavy atom. The van der Waals surface area contributed by atoms with Crippen LogP contribution in [0.3, 0.4) is 0 Å². The Hall–Kier alpha value is -1.35. The van der Waals surface area contributed by atoms with E-state index in [9.17, 15) is 0 Å². The number of aromatic nitrogens is 2. The van der Waals surface area contributed by atoms with Crippen molar-refractivity contribution >= 4 is 11.0 Å². The molecule has 1 aromatic heterocycles. The van der Waals surface area contributed by atoms with Crippen LogP contribution in [0.25, 0.3) is 11.0 Å². The number of epoxide rings is 1. The molecule has 3 nitrogen and oxygen atoms in total.